The summed E-state index contributed by atoms with van der Waals surface area (Å²) in [7, 11) is -8.33. The van der Waals surface area contributed by atoms with Crippen LogP contribution in [0.2, 0.25) is 10.0 Å². The third kappa shape index (κ3) is 7.57. The van der Waals surface area contributed by atoms with Gasteiger partial charge in [0.25, 0.3) is 10.0 Å². The second-order valence-electron chi connectivity index (χ2n) is 7.61. The van der Waals surface area contributed by atoms with E-state index in [0.29, 0.717) is 0 Å². The maximum Gasteiger partial charge on any atom is 0.305 e. The largest absolute Gasteiger partial charge is 0.481 e. The Kier molecular flexibility index (Phi) is 8.66. The van der Waals surface area contributed by atoms with Gasteiger partial charge in [0.2, 0.25) is 10.0 Å². The molecule has 1 unspecified atom stereocenters. The molecule has 0 heterocycles. The zero-order valence-corrected chi connectivity index (χ0v) is 21.9. The maximum atomic E-state index is 12.9. The van der Waals surface area contributed by atoms with Crippen molar-refractivity contribution in [1.82, 2.24) is 4.72 Å². The summed E-state index contributed by atoms with van der Waals surface area (Å²) in [5.41, 5.74) is 11.2. The number of guanidine groups is 1. The SMILES string of the molecule is NC(N)=Nc1cccc(S(=O)(=O)Nc2cccc(C(CC(=O)O)NS(=O)(=O)c3ccc(Cl)c(Cl)c3)c2)c1. The molecule has 0 amide bonds. The predicted molar refractivity (Wildman–Crippen MR) is 141 cm³/mol. The average molecular weight is 586 g/mol. The third-order valence-corrected chi connectivity index (χ3v) is 8.39. The zero-order chi connectivity index (χ0) is 27.4. The van der Waals surface area contributed by atoms with Crippen LogP contribution in [0.15, 0.2) is 81.5 Å². The van der Waals surface area contributed by atoms with Crippen LogP contribution in [0, 0.1) is 0 Å². The second kappa shape index (κ2) is 11.4. The number of anilines is 1. The van der Waals surface area contributed by atoms with Crippen molar-refractivity contribution in [2.75, 3.05) is 4.72 Å². The quantitative estimate of drug-likeness (QED) is 0.176. The van der Waals surface area contributed by atoms with Gasteiger partial charge in [-0.3, -0.25) is 9.52 Å². The number of sulfonamides is 2. The summed E-state index contributed by atoms with van der Waals surface area (Å²) < 4.78 is 56.4. The van der Waals surface area contributed by atoms with Crippen LogP contribution in [-0.2, 0) is 24.8 Å². The van der Waals surface area contributed by atoms with Crippen LogP contribution < -0.4 is 20.9 Å². The van der Waals surface area contributed by atoms with Gasteiger partial charge in [-0.05, 0) is 54.1 Å². The lowest BCUT2D eigenvalue weighted by molar-refractivity contribution is -0.137. The first kappa shape index (κ1) is 28.2. The van der Waals surface area contributed by atoms with E-state index in [4.69, 9.17) is 34.7 Å². The maximum absolute atomic E-state index is 12.9. The van der Waals surface area contributed by atoms with E-state index in [1.54, 1.807) is 0 Å². The van der Waals surface area contributed by atoms with E-state index >= 15 is 0 Å². The van der Waals surface area contributed by atoms with Crippen LogP contribution in [0.3, 0.4) is 0 Å². The molecule has 11 nitrogen and oxygen atoms in total. The predicted octanol–water partition coefficient (Wildman–Crippen LogP) is 3.19. The van der Waals surface area contributed by atoms with E-state index < -0.39 is 38.5 Å². The molecular formula is C22H21Cl2N5O6S2. The van der Waals surface area contributed by atoms with Gasteiger partial charge < -0.3 is 16.6 Å². The van der Waals surface area contributed by atoms with Crippen molar-refractivity contribution < 1.29 is 26.7 Å². The fourth-order valence-corrected chi connectivity index (χ4v) is 5.91. The van der Waals surface area contributed by atoms with Crippen molar-refractivity contribution in [3.8, 4) is 0 Å². The first-order chi connectivity index (χ1) is 17.3. The molecule has 0 aliphatic heterocycles. The number of nitrogens with one attached hydrogen (secondary N) is 2. The molecule has 0 aliphatic rings. The monoisotopic (exact) mass is 585 g/mol. The molecule has 3 aromatic carbocycles. The molecule has 3 aromatic rings. The van der Waals surface area contributed by atoms with Crippen molar-refractivity contribution in [2.24, 2.45) is 16.5 Å². The van der Waals surface area contributed by atoms with Gasteiger partial charge in [-0.15, -0.1) is 0 Å². The normalized spacial score (nSPS) is 12.5. The summed E-state index contributed by atoms with van der Waals surface area (Å²) in [4.78, 5) is 15.0. The van der Waals surface area contributed by atoms with Gasteiger partial charge in [0, 0.05) is 5.69 Å². The Balaban J connectivity index is 1.92. The lowest BCUT2D eigenvalue weighted by atomic mass is 10.0. The van der Waals surface area contributed by atoms with Gasteiger partial charge in [-0.25, -0.2) is 26.6 Å². The Morgan fingerprint density at radius 3 is 2.22 bits per heavy atom. The van der Waals surface area contributed by atoms with Crippen LogP contribution in [0.5, 0.6) is 0 Å². The number of hydrogen-bond donors (Lipinski definition) is 5. The number of carboxylic acid groups (broad SMARTS) is 1. The molecule has 15 heteroatoms. The van der Waals surface area contributed by atoms with Crippen molar-refractivity contribution in [2.45, 2.75) is 22.3 Å². The number of hydrogen-bond acceptors (Lipinski definition) is 6. The Hall–Kier alpha value is -3.36. The molecule has 37 heavy (non-hydrogen) atoms. The minimum Gasteiger partial charge on any atom is -0.481 e. The molecule has 0 spiro atoms. The van der Waals surface area contributed by atoms with Gasteiger partial charge in [0.15, 0.2) is 5.96 Å². The molecule has 0 bridgehead atoms. The van der Waals surface area contributed by atoms with Gasteiger partial charge in [-0.1, -0.05) is 41.4 Å². The summed E-state index contributed by atoms with van der Waals surface area (Å²) >= 11 is 11.8. The van der Waals surface area contributed by atoms with Crippen LogP contribution >= 0.6 is 23.2 Å². The topological polar surface area (TPSA) is 194 Å². The Morgan fingerprint density at radius 2 is 1.57 bits per heavy atom. The minimum atomic E-state index is -4.23. The fraction of sp³-hybridized carbons (Fsp3) is 0.0909. The highest BCUT2D eigenvalue weighted by Crippen LogP contribution is 2.28. The zero-order valence-electron chi connectivity index (χ0n) is 18.8. The van der Waals surface area contributed by atoms with Gasteiger partial charge >= 0.3 is 5.97 Å². The fourth-order valence-electron chi connectivity index (χ4n) is 3.20. The third-order valence-electron chi connectivity index (χ3n) is 4.80. The minimum absolute atomic E-state index is 0.000334. The summed E-state index contributed by atoms with van der Waals surface area (Å²) in [6, 6.07) is 13.6. The van der Waals surface area contributed by atoms with E-state index in [-0.39, 0.29) is 42.7 Å². The van der Waals surface area contributed by atoms with Gasteiger partial charge in [0.1, 0.15) is 0 Å². The summed E-state index contributed by atoms with van der Waals surface area (Å²) in [6.07, 6.45) is -0.628. The Labute approximate surface area is 223 Å². The van der Waals surface area contributed by atoms with E-state index in [1.807, 2.05) is 0 Å². The highest BCUT2D eigenvalue weighted by Gasteiger charge is 2.25. The number of halogens is 2. The van der Waals surface area contributed by atoms with E-state index in [1.165, 1.54) is 60.7 Å². The molecular weight excluding hydrogens is 565 g/mol. The molecule has 0 aliphatic carbocycles. The van der Waals surface area contributed by atoms with Crippen LogP contribution in [-0.4, -0.2) is 33.9 Å². The highest BCUT2D eigenvalue weighted by molar-refractivity contribution is 7.92. The van der Waals surface area contributed by atoms with Crippen molar-refractivity contribution >= 4 is 66.6 Å². The number of nitrogens with two attached hydrogens (primary N) is 2. The number of aliphatic imine (C=N–C) groups is 1. The van der Waals surface area contributed by atoms with Crippen molar-refractivity contribution in [1.29, 1.82) is 0 Å². The summed E-state index contributed by atoms with van der Waals surface area (Å²) in [5, 5.41) is 9.52. The molecule has 0 saturated heterocycles. The van der Waals surface area contributed by atoms with Crippen LogP contribution in [0.1, 0.15) is 18.0 Å². The molecule has 0 fully saturated rings. The summed E-state index contributed by atoms with van der Waals surface area (Å²) in [5.74, 6) is -1.53. The number of carbonyl (C=O) groups is 1. The number of carboxylic acids is 1. The molecule has 1 atom stereocenters. The Bertz CT molecular complexity index is 1580. The van der Waals surface area contributed by atoms with Crippen molar-refractivity contribution in [3.05, 3.63) is 82.3 Å². The molecule has 7 N–H and O–H groups in total. The Morgan fingerprint density at radius 1 is 0.892 bits per heavy atom. The van der Waals surface area contributed by atoms with Gasteiger partial charge in [0.05, 0.1) is 38.0 Å². The smallest absolute Gasteiger partial charge is 0.305 e. The molecule has 3 rings (SSSR count). The lowest BCUT2D eigenvalue weighted by Crippen LogP contribution is -2.30. The van der Waals surface area contributed by atoms with Crippen LogP contribution in [0.4, 0.5) is 11.4 Å². The van der Waals surface area contributed by atoms with E-state index in [2.05, 4.69) is 14.4 Å². The van der Waals surface area contributed by atoms with E-state index in [9.17, 15) is 26.7 Å². The highest BCUT2D eigenvalue weighted by atomic mass is 35.5. The first-order valence-corrected chi connectivity index (χ1v) is 14.0. The lowest BCUT2D eigenvalue weighted by Gasteiger charge is -2.19. The van der Waals surface area contributed by atoms with Crippen LogP contribution in [0.25, 0.3) is 0 Å². The number of benzene rings is 3. The van der Waals surface area contributed by atoms with Gasteiger partial charge in [-0.2, -0.15) is 0 Å². The molecule has 0 aromatic heterocycles. The molecule has 0 radical (unpaired) electrons. The summed E-state index contributed by atoms with van der Waals surface area (Å²) in [6.45, 7) is 0. The molecule has 0 saturated carbocycles. The van der Waals surface area contributed by atoms with E-state index in [0.717, 1.165) is 6.07 Å². The molecule has 196 valence electrons. The number of rotatable bonds is 10. The first-order valence-electron chi connectivity index (χ1n) is 10.3. The number of nitrogens with zero attached hydrogens (tertiary/aromatic N) is 1. The number of aliphatic carboxylic acids is 1. The van der Waals surface area contributed by atoms with Crippen molar-refractivity contribution in [3.63, 3.8) is 0 Å². The standard InChI is InChI=1S/C22H21Cl2N5O6S2/c23-18-8-7-17(11-19(18)24)37(34,35)29-20(12-21(30)31)13-3-1-5-15(9-13)28-36(32,33)16-6-2-4-14(10-16)27-22(25)26/h1-11,20,28-29H,12H2,(H,30,31)(H4,25,26,27). The average Bonchev–Trinajstić information content (AvgIpc) is 2.79. The second-order valence-corrected chi connectivity index (χ2v) is 11.8.